The fourth-order valence-electron chi connectivity index (χ4n) is 2.95. The highest BCUT2D eigenvalue weighted by atomic mass is 17.3. The minimum Gasteiger partial charge on any atom is -0.295 e. The first kappa shape index (κ1) is 28.9. The van der Waals surface area contributed by atoms with Gasteiger partial charge in [-0.05, 0) is 38.0 Å². The summed E-state index contributed by atoms with van der Waals surface area (Å²) in [7, 11) is 0. The molecule has 0 atom stereocenters. The molecule has 0 rings (SSSR count). The van der Waals surface area contributed by atoms with E-state index in [0.717, 1.165) is 64.2 Å². The summed E-state index contributed by atoms with van der Waals surface area (Å²) in [4.78, 5) is 44.3. The minimum atomic E-state index is -1.30. The van der Waals surface area contributed by atoms with Gasteiger partial charge in [0, 0.05) is 19.3 Å². The number of unbranched alkanes of at least 4 members (excludes halogenated alkanes) is 5. The molecule has 0 spiro atoms. The summed E-state index contributed by atoms with van der Waals surface area (Å²) in [6, 6.07) is 0. The third kappa shape index (κ3) is 17.7. The molecular weight excluding hydrogens is 384 g/mol. The van der Waals surface area contributed by atoms with Crippen molar-refractivity contribution in [2.45, 2.75) is 131 Å². The Balaban J connectivity index is 4.19. The molecule has 0 aliphatic rings. The van der Waals surface area contributed by atoms with Crippen LogP contribution in [0.15, 0.2) is 0 Å². The van der Waals surface area contributed by atoms with E-state index in [9.17, 15) is 9.59 Å². The molecule has 6 heteroatoms. The van der Waals surface area contributed by atoms with Gasteiger partial charge in [0.05, 0.1) is 0 Å². The molecule has 0 radical (unpaired) electrons. The molecule has 30 heavy (non-hydrogen) atoms. The number of hydrogen-bond acceptors (Lipinski definition) is 6. The number of hydrogen-bond donors (Lipinski definition) is 0. The van der Waals surface area contributed by atoms with Crippen molar-refractivity contribution in [1.82, 2.24) is 0 Å². The van der Waals surface area contributed by atoms with Crippen molar-refractivity contribution in [3.05, 3.63) is 0 Å². The third-order valence-electron chi connectivity index (χ3n) is 4.93. The molecule has 0 aliphatic heterocycles. The summed E-state index contributed by atoms with van der Waals surface area (Å²) in [5, 5.41) is 0. The van der Waals surface area contributed by atoms with Crippen molar-refractivity contribution >= 4 is 11.9 Å². The van der Waals surface area contributed by atoms with Crippen LogP contribution < -0.4 is 0 Å². The summed E-state index contributed by atoms with van der Waals surface area (Å²) in [5.41, 5.74) is 0. The zero-order valence-corrected chi connectivity index (χ0v) is 20.3. The van der Waals surface area contributed by atoms with Gasteiger partial charge in [0.15, 0.2) is 0 Å². The van der Waals surface area contributed by atoms with Gasteiger partial charge in [-0.1, -0.05) is 79.6 Å². The van der Waals surface area contributed by atoms with Crippen molar-refractivity contribution in [2.24, 2.45) is 11.8 Å². The van der Waals surface area contributed by atoms with Crippen molar-refractivity contribution < 1.29 is 29.1 Å². The van der Waals surface area contributed by atoms with Crippen LogP contribution in [-0.4, -0.2) is 17.7 Å². The Morgan fingerprint density at radius 2 is 1.13 bits per heavy atom. The van der Waals surface area contributed by atoms with Crippen LogP contribution in [0.4, 0.5) is 0 Å². The Morgan fingerprint density at radius 1 is 0.700 bits per heavy atom. The van der Waals surface area contributed by atoms with Crippen molar-refractivity contribution in [2.75, 3.05) is 0 Å². The lowest BCUT2D eigenvalue weighted by Crippen LogP contribution is -2.34. The normalized spacial score (nSPS) is 11.9. The first-order chi connectivity index (χ1) is 14.2. The van der Waals surface area contributed by atoms with E-state index >= 15 is 0 Å². The summed E-state index contributed by atoms with van der Waals surface area (Å²) in [6.45, 7) is 12.4. The highest BCUT2D eigenvalue weighted by Gasteiger charge is 2.32. The van der Waals surface area contributed by atoms with Gasteiger partial charge in [0.1, 0.15) is 0 Å². The van der Waals surface area contributed by atoms with Gasteiger partial charge in [0.2, 0.25) is 0 Å². The molecular formula is C24H46O6. The molecule has 0 aliphatic carbocycles. The Hall–Kier alpha value is -1.14. The molecule has 0 N–H and O–H groups in total. The molecule has 0 saturated heterocycles. The van der Waals surface area contributed by atoms with Gasteiger partial charge < -0.3 is 0 Å². The van der Waals surface area contributed by atoms with Gasteiger partial charge in [0.25, 0.3) is 5.79 Å². The summed E-state index contributed by atoms with van der Waals surface area (Å²) in [5.74, 6) is -0.792. The Morgan fingerprint density at radius 3 is 1.50 bits per heavy atom. The second kappa shape index (κ2) is 17.5. The molecule has 6 nitrogen and oxygen atoms in total. The molecule has 0 aromatic rings. The summed E-state index contributed by atoms with van der Waals surface area (Å²) >= 11 is 0. The smallest absolute Gasteiger partial charge is 0.295 e. The minimum absolute atomic E-state index is 0.304. The molecule has 0 heterocycles. The Bertz CT molecular complexity index is 413. The monoisotopic (exact) mass is 430 g/mol. The van der Waals surface area contributed by atoms with E-state index in [0.29, 0.717) is 31.1 Å². The summed E-state index contributed by atoms with van der Waals surface area (Å²) < 4.78 is 0. The van der Waals surface area contributed by atoms with E-state index < -0.39 is 17.7 Å². The van der Waals surface area contributed by atoms with Crippen LogP contribution >= 0.6 is 0 Å². The molecule has 178 valence electrons. The predicted molar refractivity (Wildman–Crippen MR) is 118 cm³/mol. The Labute approximate surface area is 184 Å². The van der Waals surface area contributed by atoms with Crippen LogP contribution in [0, 0.1) is 11.8 Å². The van der Waals surface area contributed by atoms with E-state index in [4.69, 9.17) is 19.6 Å². The van der Waals surface area contributed by atoms with Crippen molar-refractivity contribution in [3.8, 4) is 0 Å². The average molecular weight is 431 g/mol. The van der Waals surface area contributed by atoms with Crippen LogP contribution in [0.1, 0.15) is 125 Å². The summed E-state index contributed by atoms with van der Waals surface area (Å²) in [6.07, 6.45) is 10.8. The fourth-order valence-corrected chi connectivity index (χ4v) is 2.95. The number of carbonyl (C=O) groups excluding carboxylic acids is 2. The van der Waals surface area contributed by atoms with E-state index in [1.54, 1.807) is 6.92 Å². The Kier molecular flexibility index (Phi) is 16.9. The molecule has 0 unspecified atom stereocenters. The lowest BCUT2D eigenvalue weighted by Gasteiger charge is -2.25. The van der Waals surface area contributed by atoms with Crippen LogP contribution in [0.25, 0.3) is 0 Å². The molecule has 0 saturated carbocycles. The lowest BCUT2D eigenvalue weighted by atomic mass is 10.0. The largest absolute Gasteiger partial charge is 0.342 e. The van der Waals surface area contributed by atoms with Crippen LogP contribution in [0.3, 0.4) is 0 Å². The standard InChI is InChI=1S/C24H46O6/c1-7-8-19-24(6,29-27-22(25)17-13-9-11-15-20(2)3)30-28-23(26)18-14-10-12-16-21(4)5/h20-21H,7-19H2,1-6H3. The highest BCUT2D eigenvalue weighted by molar-refractivity contribution is 5.68. The number of rotatable bonds is 19. The maximum atomic E-state index is 11.9. The van der Waals surface area contributed by atoms with E-state index in [1.165, 1.54) is 0 Å². The van der Waals surface area contributed by atoms with Crippen molar-refractivity contribution in [3.63, 3.8) is 0 Å². The van der Waals surface area contributed by atoms with Crippen molar-refractivity contribution in [1.29, 1.82) is 0 Å². The van der Waals surface area contributed by atoms with E-state index in [1.807, 2.05) is 6.92 Å². The SMILES string of the molecule is CCCCC(C)(OOC(=O)CCCCCC(C)C)OOC(=O)CCCCCC(C)C. The van der Waals surface area contributed by atoms with E-state index in [2.05, 4.69) is 27.7 Å². The second-order valence-corrected chi connectivity index (χ2v) is 9.30. The van der Waals surface area contributed by atoms with Gasteiger partial charge in [-0.2, -0.15) is 0 Å². The van der Waals surface area contributed by atoms with Gasteiger partial charge in [-0.15, -0.1) is 9.78 Å². The van der Waals surface area contributed by atoms with Crippen LogP contribution in [0.5, 0.6) is 0 Å². The second-order valence-electron chi connectivity index (χ2n) is 9.30. The quantitative estimate of drug-likeness (QED) is 0.0945. The lowest BCUT2D eigenvalue weighted by molar-refractivity contribution is -0.477. The van der Waals surface area contributed by atoms with Crippen LogP contribution in [0.2, 0.25) is 0 Å². The van der Waals surface area contributed by atoms with Gasteiger partial charge in [-0.25, -0.2) is 9.59 Å². The topological polar surface area (TPSA) is 71.1 Å². The zero-order chi connectivity index (χ0) is 22.8. The zero-order valence-electron chi connectivity index (χ0n) is 20.3. The third-order valence-corrected chi connectivity index (χ3v) is 4.93. The predicted octanol–water partition coefficient (Wildman–Crippen LogP) is 7.06. The highest BCUT2D eigenvalue weighted by Crippen LogP contribution is 2.22. The molecule has 0 amide bonds. The molecule has 0 aromatic carbocycles. The average Bonchev–Trinajstić information content (AvgIpc) is 2.68. The first-order valence-corrected chi connectivity index (χ1v) is 12.0. The maximum Gasteiger partial charge on any atom is 0.342 e. The van der Waals surface area contributed by atoms with Crippen LogP contribution in [-0.2, 0) is 29.1 Å². The molecule has 0 fully saturated rings. The first-order valence-electron chi connectivity index (χ1n) is 12.0. The molecule has 0 aromatic heterocycles. The fraction of sp³-hybridized carbons (Fsp3) is 0.917. The number of carbonyl (C=O) groups is 2. The maximum absolute atomic E-state index is 11.9. The van der Waals surface area contributed by atoms with Gasteiger partial charge in [-0.3, -0.25) is 9.78 Å². The van der Waals surface area contributed by atoms with Gasteiger partial charge >= 0.3 is 11.9 Å². The molecule has 0 bridgehead atoms. The van der Waals surface area contributed by atoms with E-state index in [-0.39, 0.29) is 0 Å².